The van der Waals surface area contributed by atoms with E-state index in [9.17, 15) is 19.1 Å². The molecule has 0 fully saturated rings. The van der Waals surface area contributed by atoms with Crippen molar-refractivity contribution in [1.82, 2.24) is 14.9 Å². The lowest BCUT2D eigenvalue weighted by molar-refractivity contribution is 0.0696. The van der Waals surface area contributed by atoms with Gasteiger partial charge in [-0.3, -0.25) is 4.79 Å². The van der Waals surface area contributed by atoms with E-state index < -0.39 is 11.8 Å². The minimum Gasteiger partial charge on any atom is -0.478 e. The summed E-state index contributed by atoms with van der Waals surface area (Å²) in [7, 11) is 0. The molecule has 4 aromatic rings. The number of furan rings is 1. The van der Waals surface area contributed by atoms with Crippen molar-refractivity contribution in [1.29, 1.82) is 0 Å². The minimum atomic E-state index is -1.03. The number of rotatable bonds is 7. The summed E-state index contributed by atoms with van der Waals surface area (Å²) in [5, 5.41) is 12.0. The lowest BCUT2D eigenvalue weighted by atomic mass is 10.2. The lowest BCUT2D eigenvalue weighted by Gasteiger charge is -2.09. The first-order valence-corrected chi connectivity index (χ1v) is 9.30. The predicted octanol–water partition coefficient (Wildman–Crippen LogP) is 3.49. The molecule has 7 nitrogen and oxygen atoms in total. The summed E-state index contributed by atoms with van der Waals surface area (Å²) in [5.74, 6) is -0.486. The van der Waals surface area contributed by atoms with Crippen molar-refractivity contribution in [2.45, 2.75) is 13.0 Å². The van der Waals surface area contributed by atoms with Gasteiger partial charge < -0.3 is 19.4 Å². The van der Waals surface area contributed by atoms with Crippen molar-refractivity contribution >= 4 is 22.9 Å². The standard InChI is InChI=1S/C22H18FN3O4/c23-16-4-1-3-14(11-16)21(27)24-9-8-20-25-18-12-15(22(28)29)6-7-19(18)26(20)13-17-5-2-10-30-17/h1-7,10-12H,8-9,13H2,(H,24,27)(H,28,29). The van der Waals surface area contributed by atoms with Gasteiger partial charge in [0.1, 0.15) is 17.4 Å². The van der Waals surface area contributed by atoms with Crippen molar-refractivity contribution in [2.75, 3.05) is 6.54 Å². The first-order valence-electron chi connectivity index (χ1n) is 9.30. The first kappa shape index (κ1) is 19.4. The number of carbonyl (C=O) groups is 2. The van der Waals surface area contributed by atoms with E-state index >= 15 is 0 Å². The molecule has 0 aliphatic carbocycles. The van der Waals surface area contributed by atoms with Gasteiger partial charge in [-0.25, -0.2) is 14.2 Å². The summed E-state index contributed by atoms with van der Waals surface area (Å²) in [6.45, 7) is 0.700. The number of carbonyl (C=O) groups excluding carboxylic acids is 1. The van der Waals surface area contributed by atoms with Crippen LogP contribution in [0.3, 0.4) is 0 Å². The molecule has 0 aliphatic heterocycles. The Labute approximate surface area is 170 Å². The van der Waals surface area contributed by atoms with E-state index in [1.807, 2.05) is 10.6 Å². The predicted molar refractivity (Wildman–Crippen MR) is 107 cm³/mol. The highest BCUT2D eigenvalue weighted by atomic mass is 19.1. The number of nitrogens with zero attached hydrogens (tertiary/aromatic N) is 2. The summed E-state index contributed by atoms with van der Waals surface area (Å²) >= 11 is 0. The maximum Gasteiger partial charge on any atom is 0.335 e. The summed E-state index contributed by atoms with van der Waals surface area (Å²) in [6.07, 6.45) is 1.98. The minimum absolute atomic E-state index is 0.149. The zero-order valence-electron chi connectivity index (χ0n) is 15.8. The largest absolute Gasteiger partial charge is 0.478 e. The van der Waals surface area contributed by atoms with Crippen LogP contribution in [0.25, 0.3) is 11.0 Å². The van der Waals surface area contributed by atoms with Gasteiger partial charge in [0.05, 0.1) is 29.4 Å². The Morgan fingerprint density at radius 2 is 1.97 bits per heavy atom. The van der Waals surface area contributed by atoms with E-state index in [0.29, 0.717) is 24.3 Å². The quantitative estimate of drug-likeness (QED) is 0.489. The van der Waals surface area contributed by atoms with Crippen LogP contribution < -0.4 is 5.32 Å². The number of fused-ring (bicyclic) bond motifs is 1. The number of hydrogen-bond donors (Lipinski definition) is 2. The number of imidazole rings is 1. The van der Waals surface area contributed by atoms with Crippen molar-refractivity contribution < 1.29 is 23.5 Å². The van der Waals surface area contributed by atoms with Crippen LogP contribution in [0.15, 0.2) is 65.3 Å². The van der Waals surface area contributed by atoms with Crippen LogP contribution in [0.2, 0.25) is 0 Å². The number of aromatic nitrogens is 2. The molecule has 2 N–H and O–H groups in total. The number of benzene rings is 2. The van der Waals surface area contributed by atoms with E-state index in [0.717, 1.165) is 11.3 Å². The Hall–Kier alpha value is -3.94. The van der Waals surface area contributed by atoms with Gasteiger partial charge >= 0.3 is 5.97 Å². The number of nitrogens with one attached hydrogen (secondary N) is 1. The van der Waals surface area contributed by atoms with Gasteiger partial charge in [0.15, 0.2) is 0 Å². The molecule has 1 amide bonds. The number of carboxylic acids is 1. The third-order valence-electron chi connectivity index (χ3n) is 4.69. The number of amides is 1. The summed E-state index contributed by atoms with van der Waals surface area (Å²) in [6, 6.07) is 13.9. The van der Waals surface area contributed by atoms with Crippen molar-refractivity contribution in [3.05, 3.63) is 89.4 Å². The fourth-order valence-corrected chi connectivity index (χ4v) is 3.26. The number of carboxylic acid groups (broad SMARTS) is 1. The highest BCUT2D eigenvalue weighted by molar-refractivity contribution is 5.94. The van der Waals surface area contributed by atoms with Gasteiger partial charge in [-0.05, 0) is 48.5 Å². The molecular weight excluding hydrogens is 389 g/mol. The molecule has 2 heterocycles. The number of hydrogen-bond acceptors (Lipinski definition) is 4. The molecule has 0 saturated heterocycles. The zero-order valence-corrected chi connectivity index (χ0v) is 15.8. The van der Waals surface area contributed by atoms with Crippen LogP contribution in [0.4, 0.5) is 4.39 Å². The van der Waals surface area contributed by atoms with Crippen molar-refractivity contribution in [3.8, 4) is 0 Å². The van der Waals surface area contributed by atoms with E-state index in [1.54, 1.807) is 18.4 Å². The topological polar surface area (TPSA) is 97.4 Å². The molecule has 4 rings (SSSR count). The molecule has 30 heavy (non-hydrogen) atoms. The van der Waals surface area contributed by atoms with E-state index in [4.69, 9.17) is 4.42 Å². The lowest BCUT2D eigenvalue weighted by Crippen LogP contribution is -2.26. The molecule has 152 valence electrons. The van der Waals surface area contributed by atoms with Gasteiger partial charge in [-0.2, -0.15) is 0 Å². The second kappa shape index (κ2) is 8.20. The van der Waals surface area contributed by atoms with Crippen molar-refractivity contribution in [2.24, 2.45) is 0 Å². The molecular formula is C22H18FN3O4. The van der Waals surface area contributed by atoms with Crippen molar-refractivity contribution in [3.63, 3.8) is 0 Å². The summed E-state index contributed by atoms with van der Waals surface area (Å²) in [4.78, 5) is 28.1. The fraction of sp³-hybridized carbons (Fsp3) is 0.136. The second-order valence-electron chi connectivity index (χ2n) is 6.72. The van der Waals surface area contributed by atoms with Gasteiger partial charge in [-0.1, -0.05) is 6.07 Å². The van der Waals surface area contributed by atoms with E-state index in [2.05, 4.69) is 10.3 Å². The Balaban J connectivity index is 1.57. The molecule has 0 spiro atoms. The van der Waals surface area contributed by atoms with Crippen LogP contribution in [-0.2, 0) is 13.0 Å². The average molecular weight is 407 g/mol. The van der Waals surface area contributed by atoms with Gasteiger partial charge in [0.25, 0.3) is 5.91 Å². The van der Waals surface area contributed by atoms with E-state index in [-0.39, 0.29) is 23.6 Å². The monoisotopic (exact) mass is 407 g/mol. The molecule has 8 heteroatoms. The van der Waals surface area contributed by atoms with E-state index in [1.165, 1.54) is 36.4 Å². The molecule has 2 aromatic heterocycles. The highest BCUT2D eigenvalue weighted by Crippen LogP contribution is 2.20. The summed E-state index contributed by atoms with van der Waals surface area (Å²) in [5.41, 5.74) is 1.71. The Morgan fingerprint density at radius 1 is 1.10 bits per heavy atom. The Kier molecular flexibility index (Phi) is 5.30. The average Bonchev–Trinajstić information content (AvgIpc) is 3.36. The molecule has 0 unspecified atom stereocenters. The molecule has 0 saturated carbocycles. The van der Waals surface area contributed by atoms with Gasteiger partial charge in [-0.15, -0.1) is 0 Å². The normalized spacial score (nSPS) is 11.0. The van der Waals surface area contributed by atoms with Gasteiger partial charge in [0, 0.05) is 18.5 Å². The maximum atomic E-state index is 13.3. The van der Waals surface area contributed by atoms with Crippen LogP contribution >= 0.6 is 0 Å². The molecule has 0 bridgehead atoms. The molecule has 2 aromatic carbocycles. The maximum absolute atomic E-state index is 13.3. The SMILES string of the molecule is O=C(O)c1ccc2c(c1)nc(CCNC(=O)c1cccc(F)c1)n2Cc1ccco1. The van der Waals surface area contributed by atoms with Crippen LogP contribution in [0, 0.1) is 5.82 Å². The van der Waals surface area contributed by atoms with Crippen LogP contribution in [0.5, 0.6) is 0 Å². The highest BCUT2D eigenvalue weighted by Gasteiger charge is 2.15. The number of aromatic carboxylic acids is 1. The third kappa shape index (κ3) is 4.07. The second-order valence-corrected chi connectivity index (χ2v) is 6.72. The zero-order chi connectivity index (χ0) is 21.1. The van der Waals surface area contributed by atoms with Crippen LogP contribution in [0.1, 0.15) is 32.3 Å². The first-order chi connectivity index (χ1) is 14.5. The number of halogens is 1. The molecule has 0 atom stereocenters. The smallest absolute Gasteiger partial charge is 0.335 e. The molecule has 0 radical (unpaired) electrons. The third-order valence-corrected chi connectivity index (χ3v) is 4.69. The van der Waals surface area contributed by atoms with Crippen LogP contribution in [-0.4, -0.2) is 33.1 Å². The summed E-state index contributed by atoms with van der Waals surface area (Å²) < 4.78 is 20.7. The Morgan fingerprint density at radius 3 is 2.70 bits per heavy atom. The Bertz CT molecular complexity index is 1210. The molecule has 0 aliphatic rings. The fourth-order valence-electron chi connectivity index (χ4n) is 3.26. The van der Waals surface area contributed by atoms with Gasteiger partial charge in [0.2, 0.25) is 0 Å².